The molecule has 23 heavy (non-hydrogen) atoms. The van der Waals surface area contributed by atoms with Crippen molar-refractivity contribution in [2.24, 2.45) is 11.7 Å². The summed E-state index contributed by atoms with van der Waals surface area (Å²) in [6.45, 7) is 0.893. The number of carbonyl (C=O) groups is 1. The highest BCUT2D eigenvalue weighted by molar-refractivity contribution is 5.76. The van der Waals surface area contributed by atoms with Crippen LogP contribution in [0.4, 0.5) is 4.39 Å². The van der Waals surface area contributed by atoms with Crippen LogP contribution in [0.1, 0.15) is 44.9 Å². The zero-order valence-corrected chi connectivity index (χ0v) is 13.6. The molecule has 0 saturated heterocycles. The summed E-state index contributed by atoms with van der Waals surface area (Å²) < 4.78 is 18.4. The lowest BCUT2D eigenvalue weighted by Gasteiger charge is -2.30. The molecule has 4 nitrogen and oxygen atoms in total. The quantitative estimate of drug-likeness (QED) is 0.723. The average molecular weight is 322 g/mol. The number of ether oxygens (including phenoxy) is 1. The Labute approximate surface area is 137 Å². The van der Waals surface area contributed by atoms with Gasteiger partial charge in [0.05, 0.1) is 6.61 Å². The number of amides is 1. The van der Waals surface area contributed by atoms with E-state index in [4.69, 9.17) is 10.5 Å². The van der Waals surface area contributed by atoms with E-state index in [0.29, 0.717) is 37.7 Å². The van der Waals surface area contributed by atoms with Crippen molar-refractivity contribution >= 4 is 5.91 Å². The van der Waals surface area contributed by atoms with Crippen molar-refractivity contribution in [1.82, 2.24) is 5.32 Å². The van der Waals surface area contributed by atoms with Gasteiger partial charge in [0.2, 0.25) is 5.91 Å². The molecule has 2 rings (SSSR count). The van der Waals surface area contributed by atoms with Crippen LogP contribution in [0.25, 0.3) is 0 Å². The Morgan fingerprint density at radius 1 is 1.35 bits per heavy atom. The van der Waals surface area contributed by atoms with E-state index in [1.54, 1.807) is 12.1 Å². The van der Waals surface area contributed by atoms with Crippen molar-refractivity contribution in [2.45, 2.75) is 51.0 Å². The zero-order chi connectivity index (χ0) is 16.5. The van der Waals surface area contributed by atoms with Crippen LogP contribution in [0.5, 0.6) is 5.75 Å². The Morgan fingerprint density at radius 2 is 2.13 bits per heavy atom. The molecule has 0 radical (unpaired) electrons. The van der Waals surface area contributed by atoms with Crippen molar-refractivity contribution in [1.29, 1.82) is 0 Å². The van der Waals surface area contributed by atoms with E-state index >= 15 is 0 Å². The van der Waals surface area contributed by atoms with E-state index in [1.807, 2.05) is 0 Å². The van der Waals surface area contributed by atoms with Gasteiger partial charge in [-0.1, -0.05) is 25.3 Å². The standard InChI is InChI=1S/C18H27FN2O2/c19-15-8-4-9-16(12-15)23-11-5-10-18(22)21-17(13-20)14-6-2-1-3-7-14/h4,8-9,12,14,17H,1-3,5-7,10-11,13,20H2,(H,21,22). The number of benzene rings is 1. The maximum atomic E-state index is 13.0. The molecule has 0 bridgehead atoms. The minimum atomic E-state index is -0.321. The molecule has 3 N–H and O–H groups in total. The third-order valence-electron chi connectivity index (χ3n) is 4.43. The lowest BCUT2D eigenvalue weighted by molar-refractivity contribution is -0.122. The highest BCUT2D eigenvalue weighted by Crippen LogP contribution is 2.26. The first-order valence-corrected chi connectivity index (χ1v) is 8.57. The summed E-state index contributed by atoms with van der Waals surface area (Å²) in [5.41, 5.74) is 5.82. The molecule has 1 amide bonds. The predicted octanol–water partition coefficient (Wildman–Crippen LogP) is 3.01. The largest absolute Gasteiger partial charge is 0.493 e. The summed E-state index contributed by atoms with van der Waals surface area (Å²) in [6.07, 6.45) is 7.08. The Bertz CT molecular complexity index is 490. The number of nitrogens with one attached hydrogen (secondary N) is 1. The summed E-state index contributed by atoms with van der Waals surface area (Å²) in [6, 6.07) is 6.11. The molecule has 0 spiro atoms. The van der Waals surface area contributed by atoms with Crippen molar-refractivity contribution in [3.05, 3.63) is 30.1 Å². The molecule has 1 fully saturated rings. The monoisotopic (exact) mass is 322 g/mol. The molecule has 0 heterocycles. The van der Waals surface area contributed by atoms with Crippen LogP contribution < -0.4 is 15.8 Å². The number of nitrogens with two attached hydrogens (primary N) is 1. The number of halogens is 1. The fraction of sp³-hybridized carbons (Fsp3) is 0.611. The maximum absolute atomic E-state index is 13.0. The van der Waals surface area contributed by atoms with Gasteiger partial charge in [0.15, 0.2) is 0 Å². The molecule has 1 aliphatic rings. The Balaban J connectivity index is 1.65. The predicted molar refractivity (Wildman–Crippen MR) is 88.7 cm³/mol. The Hall–Kier alpha value is -1.62. The van der Waals surface area contributed by atoms with Crippen molar-refractivity contribution in [3.8, 4) is 5.75 Å². The van der Waals surface area contributed by atoms with Crippen molar-refractivity contribution < 1.29 is 13.9 Å². The van der Waals surface area contributed by atoms with Gasteiger partial charge in [-0.05, 0) is 37.3 Å². The van der Waals surface area contributed by atoms with Crippen LogP contribution in [0, 0.1) is 11.7 Å². The summed E-state index contributed by atoms with van der Waals surface area (Å²) in [4.78, 5) is 12.0. The Kier molecular flexibility index (Phi) is 7.33. The van der Waals surface area contributed by atoms with E-state index in [2.05, 4.69) is 5.32 Å². The summed E-state index contributed by atoms with van der Waals surface area (Å²) in [5.74, 6) is 0.709. The fourth-order valence-electron chi connectivity index (χ4n) is 3.16. The van der Waals surface area contributed by atoms with Gasteiger partial charge in [0.1, 0.15) is 11.6 Å². The number of rotatable bonds is 8. The van der Waals surface area contributed by atoms with Gasteiger partial charge in [0.25, 0.3) is 0 Å². The minimum absolute atomic E-state index is 0.0221. The minimum Gasteiger partial charge on any atom is -0.493 e. The summed E-state index contributed by atoms with van der Waals surface area (Å²) >= 11 is 0. The zero-order valence-electron chi connectivity index (χ0n) is 13.6. The van der Waals surface area contributed by atoms with Crippen LogP contribution in [0.15, 0.2) is 24.3 Å². The molecule has 128 valence electrons. The Morgan fingerprint density at radius 3 is 2.83 bits per heavy atom. The molecule has 1 aliphatic carbocycles. The van der Waals surface area contributed by atoms with Gasteiger partial charge in [-0.3, -0.25) is 4.79 Å². The second kappa shape index (κ2) is 9.50. The highest BCUT2D eigenvalue weighted by atomic mass is 19.1. The van der Waals surface area contributed by atoms with E-state index in [1.165, 1.54) is 31.4 Å². The first kappa shape index (κ1) is 17.7. The molecule has 1 aromatic carbocycles. The molecule has 5 heteroatoms. The third kappa shape index (κ3) is 6.18. The van der Waals surface area contributed by atoms with Crippen LogP contribution in [0.2, 0.25) is 0 Å². The second-order valence-electron chi connectivity index (χ2n) is 6.22. The van der Waals surface area contributed by atoms with Gasteiger partial charge < -0.3 is 15.8 Å². The highest BCUT2D eigenvalue weighted by Gasteiger charge is 2.23. The van der Waals surface area contributed by atoms with Crippen molar-refractivity contribution in [2.75, 3.05) is 13.2 Å². The van der Waals surface area contributed by atoms with Gasteiger partial charge in [0, 0.05) is 25.1 Å². The SMILES string of the molecule is NCC(NC(=O)CCCOc1cccc(F)c1)C1CCCCC1. The van der Waals surface area contributed by atoms with Crippen LogP contribution >= 0.6 is 0 Å². The van der Waals surface area contributed by atoms with E-state index in [0.717, 1.165) is 12.8 Å². The third-order valence-corrected chi connectivity index (χ3v) is 4.43. The fourth-order valence-corrected chi connectivity index (χ4v) is 3.16. The number of hydrogen-bond acceptors (Lipinski definition) is 3. The molecule has 1 aromatic rings. The first-order valence-electron chi connectivity index (χ1n) is 8.57. The van der Waals surface area contributed by atoms with Gasteiger partial charge in [-0.15, -0.1) is 0 Å². The van der Waals surface area contributed by atoms with Crippen LogP contribution in [-0.2, 0) is 4.79 Å². The van der Waals surface area contributed by atoms with E-state index < -0.39 is 0 Å². The summed E-state index contributed by atoms with van der Waals surface area (Å²) in [5, 5.41) is 3.06. The van der Waals surface area contributed by atoms with Gasteiger partial charge in [-0.2, -0.15) is 0 Å². The number of carbonyl (C=O) groups excluding carboxylic acids is 1. The molecule has 1 unspecified atom stereocenters. The maximum Gasteiger partial charge on any atom is 0.220 e. The van der Waals surface area contributed by atoms with Crippen molar-refractivity contribution in [3.63, 3.8) is 0 Å². The van der Waals surface area contributed by atoms with Gasteiger partial charge >= 0.3 is 0 Å². The van der Waals surface area contributed by atoms with Crippen LogP contribution in [-0.4, -0.2) is 25.1 Å². The molecular formula is C18H27FN2O2. The second-order valence-corrected chi connectivity index (χ2v) is 6.22. The lowest BCUT2D eigenvalue weighted by Crippen LogP contribution is -2.45. The first-order chi connectivity index (χ1) is 11.2. The normalized spacial score (nSPS) is 16.8. The smallest absolute Gasteiger partial charge is 0.220 e. The van der Waals surface area contributed by atoms with E-state index in [-0.39, 0.29) is 17.8 Å². The average Bonchev–Trinajstić information content (AvgIpc) is 2.57. The molecule has 1 atom stereocenters. The molecular weight excluding hydrogens is 295 g/mol. The summed E-state index contributed by atoms with van der Waals surface area (Å²) in [7, 11) is 0. The number of hydrogen-bond donors (Lipinski definition) is 2. The lowest BCUT2D eigenvalue weighted by atomic mass is 9.84. The molecule has 0 aromatic heterocycles. The van der Waals surface area contributed by atoms with E-state index in [9.17, 15) is 9.18 Å². The molecule has 1 saturated carbocycles. The van der Waals surface area contributed by atoms with Crippen LogP contribution in [0.3, 0.4) is 0 Å². The topological polar surface area (TPSA) is 64.3 Å². The molecule has 0 aliphatic heterocycles. The van der Waals surface area contributed by atoms with Gasteiger partial charge in [-0.25, -0.2) is 4.39 Å².